The fourth-order valence-electron chi connectivity index (χ4n) is 3.05. The van der Waals surface area contributed by atoms with Crippen LogP contribution in [-0.2, 0) is 4.79 Å². The number of amides is 1. The number of aromatic nitrogens is 2. The number of hydrogen-bond acceptors (Lipinski definition) is 4. The molecule has 0 atom stereocenters. The lowest BCUT2D eigenvalue weighted by atomic mass is 10.1. The highest BCUT2D eigenvalue weighted by atomic mass is 35.5. The van der Waals surface area contributed by atoms with Crippen LogP contribution in [-0.4, -0.2) is 22.4 Å². The van der Waals surface area contributed by atoms with Crippen LogP contribution in [0.25, 0.3) is 22.5 Å². The Balaban J connectivity index is 1.58. The number of rotatable bonds is 6. The topological polar surface area (TPSA) is 66.9 Å². The second kappa shape index (κ2) is 9.41. The first-order valence-corrected chi connectivity index (χ1v) is 10.3. The van der Waals surface area contributed by atoms with E-state index in [1.807, 2.05) is 91.9 Å². The molecule has 4 rings (SSSR count). The van der Waals surface area contributed by atoms with Crippen molar-refractivity contribution in [2.75, 3.05) is 17.2 Å². The molecule has 0 saturated carbocycles. The molecule has 5 nitrogen and oxygen atoms in total. The number of benzene rings is 3. The fraction of sp³-hybridized carbons (Fsp3) is 0.0800. The molecule has 3 aromatic carbocycles. The third-order valence-corrected chi connectivity index (χ3v) is 4.94. The van der Waals surface area contributed by atoms with Crippen molar-refractivity contribution in [1.29, 1.82) is 0 Å². The predicted octanol–water partition coefficient (Wildman–Crippen LogP) is 5.82. The summed E-state index contributed by atoms with van der Waals surface area (Å²) in [5.74, 6) is 0.0230. The molecule has 0 aliphatic rings. The van der Waals surface area contributed by atoms with Crippen LogP contribution in [0.2, 0.25) is 5.02 Å². The van der Waals surface area contributed by atoms with Gasteiger partial charge in [-0.05, 0) is 37.3 Å². The van der Waals surface area contributed by atoms with E-state index in [0.29, 0.717) is 10.7 Å². The van der Waals surface area contributed by atoms with Gasteiger partial charge in [0.2, 0.25) is 11.9 Å². The number of nitrogens with zero attached hydrogens (tertiary/aromatic N) is 2. The predicted molar refractivity (Wildman–Crippen MR) is 126 cm³/mol. The van der Waals surface area contributed by atoms with Crippen molar-refractivity contribution < 1.29 is 4.79 Å². The first kappa shape index (κ1) is 20.6. The minimum atomic E-state index is -0.229. The summed E-state index contributed by atoms with van der Waals surface area (Å²) in [5.41, 5.74) is 5.29. The van der Waals surface area contributed by atoms with Crippen LogP contribution in [0.5, 0.6) is 0 Å². The van der Waals surface area contributed by atoms with Crippen LogP contribution in [0.3, 0.4) is 0 Å². The molecule has 0 fully saturated rings. The monoisotopic (exact) mass is 428 g/mol. The van der Waals surface area contributed by atoms with Crippen molar-refractivity contribution in [2.24, 2.45) is 0 Å². The average Bonchev–Trinajstić information content (AvgIpc) is 2.79. The number of hydrogen-bond donors (Lipinski definition) is 2. The number of anilines is 2. The Bertz CT molecular complexity index is 1180. The number of carbonyl (C=O) groups excluding carboxylic acids is 1. The maximum absolute atomic E-state index is 12.5. The van der Waals surface area contributed by atoms with Gasteiger partial charge in [-0.25, -0.2) is 9.97 Å². The zero-order valence-corrected chi connectivity index (χ0v) is 17.7. The highest BCUT2D eigenvalue weighted by Gasteiger charge is 2.11. The Hall–Kier alpha value is -3.70. The van der Waals surface area contributed by atoms with Gasteiger partial charge in [0.1, 0.15) is 0 Å². The normalized spacial score (nSPS) is 10.5. The van der Waals surface area contributed by atoms with Gasteiger partial charge in [-0.3, -0.25) is 10.1 Å². The van der Waals surface area contributed by atoms with E-state index >= 15 is 0 Å². The van der Waals surface area contributed by atoms with E-state index in [1.54, 1.807) is 0 Å². The molecule has 6 heteroatoms. The Morgan fingerprint density at radius 2 is 1.45 bits per heavy atom. The minimum absolute atomic E-state index is 0.109. The lowest BCUT2D eigenvalue weighted by Crippen LogP contribution is -2.23. The Morgan fingerprint density at radius 1 is 0.839 bits per heavy atom. The van der Waals surface area contributed by atoms with Crippen LogP contribution >= 0.6 is 11.6 Å². The van der Waals surface area contributed by atoms with Crippen molar-refractivity contribution in [1.82, 2.24) is 9.97 Å². The molecule has 0 radical (unpaired) electrons. The average molecular weight is 429 g/mol. The molecule has 1 heterocycles. The Morgan fingerprint density at radius 3 is 2.10 bits per heavy atom. The highest BCUT2D eigenvalue weighted by molar-refractivity contribution is 6.30. The third-order valence-electron chi connectivity index (χ3n) is 4.69. The van der Waals surface area contributed by atoms with E-state index in [-0.39, 0.29) is 18.4 Å². The molecule has 31 heavy (non-hydrogen) atoms. The highest BCUT2D eigenvalue weighted by Crippen LogP contribution is 2.26. The van der Waals surface area contributed by atoms with Gasteiger partial charge < -0.3 is 5.32 Å². The van der Waals surface area contributed by atoms with Crippen LogP contribution in [0.1, 0.15) is 5.56 Å². The van der Waals surface area contributed by atoms with Crippen LogP contribution in [0.15, 0.2) is 84.9 Å². The smallest absolute Gasteiger partial charge is 0.246 e. The Kier molecular flexibility index (Phi) is 6.24. The van der Waals surface area contributed by atoms with Gasteiger partial charge in [0.15, 0.2) is 0 Å². The van der Waals surface area contributed by atoms with Crippen LogP contribution in [0.4, 0.5) is 11.6 Å². The van der Waals surface area contributed by atoms with Crippen molar-refractivity contribution in [3.8, 4) is 22.5 Å². The molecule has 2 N–H and O–H groups in total. The van der Waals surface area contributed by atoms with Crippen LogP contribution in [0, 0.1) is 6.92 Å². The Labute approximate surface area is 186 Å². The van der Waals surface area contributed by atoms with E-state index in [0.717, 1.165) is 28.1 Å². The SMILES string of the molecule is Cc1ccc(NCC(=O)Nc2nc(-c3ccccc3)cc(-c3ccc(Cl)cc3)n2)cc1. The molecule has 0 unspecified atom stereocenters. The van der Waals surface area contributed by atoms with Gasteiger partial charge in [-0.2, -0.15) is 0 Å². The van der Waals surface area contributed by atoms with E-state index in [4.69, 9.17) is 11.6 Å². The van der Waals surface area contributed by atoms with Gasteiger partial charge in [-0.1, -0.05) is 71.8 Å². The number of aryl methyl sites for hydroxylation is 1. The quantitative estimate of drug-likeness (QED) is 0.406. The van der Waals surface area contributed by atoms with Crippen LogP contribution < -0.4 is 10.6 Å². The molecule has 4 aromatic rings. The maximum Gasteiger partial charge on any atom is 0.246 e. The molecular formula is C25H21ClN4O. The van der Waals surface area contributed by atoms with Crippen molar-refractivity contribution in [3.63, 3.8) is 0 Å². The van der Waals surface area contributed by atoms with E-state index in [9.17, 15) is 4.79 Å². The van der Waals surface area contributed by atoms with Gasteiger partial charge in [-0.15, -0.1) is 0 Å². The summed E-state index contributed by atoms with van der Waals surface area (Å²) in [7, 11) is 0. The second-order valence-electron chi connectivity index (χ2n) is 7.10. The lowest BCUT2D eigenvalue weighted by Gasteiger charge is -2.11. The largest absolute Gasteiger partial charge is 0.376 e. The molecule has 0 aliphatic heterocycles. The second-order valence-corrected chi connectivity index (χ2v) is 7.54. The summed E-state index contributed by atoms with van der Waals surface area (Å²) in [6, 6.07) is 27.0. The molecule has 154 valence electrons. The fourth-order valence-corrected chi connectivity index (χ4v) is 3.18. The summed E-state index contributed by atoms with van der Waals surface area (Å²) in [6.45, 7) is 2.13. The summed E-state index contributed by atoms with van der Waals surface area (Å²) in [4.78, 5) is 21.6. The zero-order chi connectivity index (χ0) is 21.6. The maximum atomic E-state index is 12.5. The molecule has 1 aromatic heterocycles. The summed E-state index contributed by atoms with van der Waals surface area (Å²) < 4.78 is 0. The first-order chi connectivity index (χ1) is 15.1. The summed E-state index contributed by atoms with van der Waals surface area (Å²) in [6.07, 6.45) is 0. The lowest BCUT2D eigenvalue weighted by molar-refractivity contribution is -0.114. The third kappa shape index (κ3) is 5.47. The standard InChI is InChI=1S/C25H21ClN4O/c1-17-7-13-21(14-8-17)27-16-24(31)30-25-28-22(18-5-3-2-4-6-18)15-23(29-25)19-9-11-20(26)12-10-19/h2-15,27H,16H2,1H3,(H,28,29,30,31). The van der Waals surface area contributed by atoms with Crippen molar-refractivity contribution in [3.05, 3.63) is 95.5 Å². The number of nitrogens with one attached hydrogen (secondary N) is 2. The molecule has 0 saturated heterocycles. The first-order valence-electron chi connectivity index (χ1n) is 9.88. The van der Waals surface area contributed by atoms with Gasteiger partial charge in [0.25, 0.3) is 0 Å². The molecular weight excluding hydrogens is 408 g/mol. The summed E-state index contributed by atoms with van der Waals surface area (Å²) in [5, 5.41) is 6.56. The zero-order valence-electron chi connectivity index (χ0n) is 17.0. The van der Waals surface area contributed by atoms with Crippen molar-refractivity contribution >= 4 is 29.1 Å². The van der Waals surface area contributed by atoms with E-state index in [1.165, 1.54) is 0 Å². The number of carbonyl (C=O) groups is 1. The minimum Gasteiger partial charge on any atom is -0.376 e. The molecule has 0 bridgehead atoms. The number of halogens is 1. The van der Waals surface area contributed by atoms with E-state index < -0.39 is 0 Å². The van der Waals surface area contributed by atoms with Crippen molar-refractivity contribution in [2.45, 2.75) is 6.92 Å². The molecule has 1 amide bonds. The molecule has 0 spiro atoms. The van der Waals surface area contributed by atoms with Gasteiger partial charge in [0, 0.05) is 21.8 Å². The molecule has 0 aliphatic carbocycles. The van der Waals surface area contributed by atoms with Gasteiger partial charge >= 0.3 is 0 Å². The van der Waals surface area contributed by atoms with E-state index in [2.05, 4.69) is 20.6 Å². The van der Waals surface area contributed by atoms with Gasteiger partial charge in [0.05, 0.1) is 17.9 Å². The summed E-state index contributed by atoms with van der Waals surface area (Å²) >= 11 is 6.02.